The second kappa shape index (κ2) is 11.5. The Morgan fingerprint density at radius 1 is 0.862 bits per heavy atom. The standard InChI is InChI=1S/C28H35Cl/c1-3-5-7-22-11-16-25(17-12-22)26-18-13-23(14-19-26)9-10-24-15-20-27(8-6-4-2)28(29)21-24/h11-12,15-17,20-21,23,26H,3-8,13-14,18-19H2,1-2H3. The van der Waals surface area contributed by atoms with Crippen molar-refractivity contribution >= 4 is 11.6 Å². The summed E-state index contributed by atoms with van der Waals surface area (Å²) >= 11 is 6.44. The zero-order chi connectivity index (χ0) is 20.5. The molecule has 1 fully saturated rings. The smallest absolute Gasteiger partial charge is 0.0450 e. The second-order valence-corrected chi connectivity index (χ2v) is 8.98. The van der Waals surface area contributed by atoms with Gasteiger partial charge in [-0.1, -0.05) is 80.5 Å². The van der Waals surface area contributed by atoms with Gasteiger partial charge in [0.25, 0.3) is 0 Å². The van der Waals surface area contributed by atoms with Crippen molar-refractivity contribution in [2.24, 2.45) is 5.92 Å². The Bertz CT molecular complexity index is 814. The van der Waals surface area contributed by atoms with Crippen molar-refractivity contribution in [3.63, 3.8) is 0 Å². The van der Waals surface area contributed by atoms with Crippen LogP contribution in [0.25, 0.3) is 0 Å². The van der Waals surface area contributed by atoms with E-state index in [1.165, 1.54) is 74.5 Å². The molecule has 0 heterocycles. The molecule has 154 valence electrons. The fraction of sp³-hybridized carbons (Fsp3) is 0.500. The van der Waals surface area contributed by atoms with Gasteiger partial charge in [-0.25, -0.2) is 0 Å². The van der Waals surface area contributed by atoms with E-state index in [9.17, 15) is 0 Å². The van der Waals surface area contributed by atoms with Crippen LogP contribution < -0.4 is 0 Å². The van der Waals surface area contributed by atoms with Crippen LogP contribution in [0.4, 0.5) is 0 Å². The lowest BCUT2D eigenvalue weighted by Gasteiger charge is -2.26. The summed E-state index contributed by atoms with van der Waals surface area (Å²) in [6.07, 6.45) is 12.1. The van der Waals surface area contributed by atoms with Crippen LogP contribution in [0, 0.1) is 17.8 Å². The lowest BCUT2D eigenvalue weighted by Crippen LogP contribution is -2.12. The second-order valence-electron chi connectivity index (χ2n) is 8.57. The maximum atomic E-state index is 6.44. The van der Waals surface area contributed by atoms with Gasteiger partial charge in [0.2, 0.25) is 0 Å². The Hall–Kier alpha value is -1.71. The van der Waals surface area contributed by atoms with Crippen molar-refractivity contribution in [2.45, 2.75) is 84.0 Å². The minimum atomic E-state index is 0.522. The number of benzene rings is 2. The Morgan fingerprint density at radius 2 is 1.55 bits per heavy atom. The maximum absolute atomic E-state index is 6.44. The summed E-state index contributed by atoms with van der Waals surface area (Å²) in [6, 6.07) is 15.7. The van der Waals surface area contributed by atoms with E-state index in [1.54, 1.807) is 0 Å². The van der Waals surface area contributed by atoms with E-state index in [2.05, 4.69) is 62.1 Å². The van der Waals surface area contributed by atoms with Crippen LogP contribution in [0.3, 0.4) is 0 Å². The zero-order valence-corrected chi connectivity index (χ0v) is 18.9. The molecule has 1 aliphatic rings. The number of aryl methyl sites for hydroxylation is 2. The van der Waals surface area contributed by atoms with Crippen molar-refractivity contribution in [3.05, 3.63) is 69.7 Å². The van der Waals surface area contributed by atoms with Crippen molar-refractivity contribution in [1.29, 1.82) is 0 Å². The summed E-state index contributed by atoms with van der Waals surface area (Å²) in [6.45, 7) is 4.47. The van der Waals surface area contributed by atoms with Gasteiger partial charge in [0, 0.05) is 16.5 Å². The van der Waals surface area contributed by atoms with Gasteiger partial charge < -0.3 is 0 Å². The molecular weight excluding hydrogens is 372 g/mol. The van der Waals surface area contributed by atoms with Crippen molar-refractivity contribution in [1.82, 2.24) is 0 Å². The molecule has 29 heavy (non-hydrogen) atoms. The van der Waals surface area contributed by atoms with Gasteiger partial charge >= 0.3 is 0 Å². The first kappa shape index (κ1) is 22.0. The molecule has 0 saturated heterocycles. The maximum Gasteiger partial charge on any atom is 0.0450 e. The molecule has 0 aliphatic heterocycles. The highest BCUT2D eigenvalue weighted by Gasteiger charge is 2.21. The lowest BCUT2D eigenvalue weighted by atomic mass is 9.78. The molecule has 0 nitrogen and oxygen atoms in total. The van der Waals surface area contributed by atoms with Gasteiger partial charge in [0.1, 0.15) is 0 Å². The van der Waals surface area contributed by atoms with E-state index in [-0.39, 0.29) is 0 Å². The first-order valence-corrected chi connectivity index (χ1v) is 12.0. The number of unbranched alkanes of at least 4 members (excludes halogenated alkanes) is 2. The van der Waals surface area contributed by atoms with Crippen molar-refractivity contribution < 1.29 is 0 Å². The van der Waals surface area contributed by atoms with Gasteiger partial charge in [-0.3, -0.25) is 0 Å². The van der Waals surface area contributed by atoms with Crippen LogP contribution in [0.5, 0.6) is 0 Å². The third-order valence-corrected chi connectivity index (χ3v) is 6.62. The Balaban J connectivity index is 1.52. The molecular formula is C28H35Cl. The normalized spacial score (nSPS) is 18.9. The molecule has 1 aliphatic carbocycles. The van der Waals surface area contributed by atoms with E-state index in [0.29, 0.717) is 11.8 Å². The van der Waals surface area contributed by atoms with E-state index in [4.69, 9.17) is 11.6 Å². The zero-order valence-electron chi connectivity index (χ0n) is 18.1. The molecule has 0 bridgehead atoms. The molecule has 0 amide bonds. The molecule has 0 aromatic heterocycles. The summed E-state index contributed by atoms with van der Waals surface area (Å²) in [7, 11) is 0. The minimum absolute atomic E-state index is 0.522. The molecule has 1 heteroatoms. The SMILES string of the molecule is CCCCc1ccc(C2CCC(C#Cc3ccc(CCCC)c(Cl)c3)CC2)cc1. The van der Waals surface area contributed by atoms with Gasteiger partial charge in [0.05, 0.1) is 0 Å². The van der Waals surface area contributed by atoms with Crippen LogP contribution >= 0.6 is 11.6 Å². The molecule has 0 N–H and O–H groups in total. The first-order valence-electron chi connectivity index (χ1n) is 11.6. The predicted octanol–water partition coefficient (Wildman–Crippen LogP) is 8.35. The fourth-order valence-corrected chi connectivity index (χ4v) is 4.56. The third-order valence-electron chi connectivity index (χ3n) is 6.27. The summed E-state index contributed by atoms with van der Waals surface area (Å²) < 4.78 is 0. The first-order chi connectivity index (χ1) is 14.2. The fourth-order valence-electron chi connectivity index (χ4n) is 4.29. The summed E-state index contributed by atoms with van der Waals surface area (Å²) in [5.74, 6) is 8.14. The van der Waals surface area contributed by atoms with E-state index in [1.807, 2.05) is 6.07 Å². The lowest BCUT2D eigenvalue weighted by molar-refractivity contribution is 0.384. The molecule has 0 unspecified atom stereocenters. The van der Waals surface area contributed by atoms with Crippen LogP contribution in [0.1, 0.15) is 93.4 Å². The minimum Gasteiger partial charge on any atom is -0.0945 e. The molecule has 0 spiro atoms. The van der Waals surface area contributed by atoms with Crippen LogP contribution in [-0.2, 0) is 12.8 Å². The molecule has 2 aromatic carbocycles. The number of hydrogen-bond donors (Lipinski definition) is 0. The summed E-state index contributed by atoms with van der Waals surface area (Å²) in [4.78, 5) is 0. The molecule has 3 rings (SSSR count). The topological polar surface area (TPSA) is 0 Å². The van der Waals surface area contributed by atoms with E-state index < -0.39 is 0 Å². The molecule has 0 atom stereocenters. The largest absolute Gasteiger partial charge is 0.0945 e. The van der Waals surface area contributed by atoms with Crippen LogP contribution in [0.2, 0.25) is 5.02 Å². The summed E-state index contributed by atoms with van der Waals surface area (Å²) in [5, 5.41) is 0.872. The molecule has 1 saturated carbocycles. The Morgan fingerprint density at radius 3 is 2.21 bits per heavy atom. The third kappa shape index (κ3) is 6.65. The van der Waals surface area contributed by atoms with Crippen LogP contribution in [0.15, 0.2) is 42.5 Å². The van der Waals surface area contributed by atoms with E-state index in [0.717, 1.165) is 17.0 Å². The average molecular weight is 407 g/mol. The number of halogens is 1. The Kier molecular flexibility index (Phi) is 8.69. The van der Waals surface area contributed by atoms with Gasteiger partial charge in [-0.15, -0.1) is 0 Å². The average Bonchev–Trinajstić information content (AvgIpc) is 2.76. The van der Waals surface area contributed by atoms with E-state index >= 15 is 0 Å². The number of hydrogen-bond acceptors (Lipinski definition) is 0. The van der Waals surface area contributed by atoms with Gasteiger partial charge in [0.15, 0.2) is 0 Å². The highest BCUT2D eigenvalue weighted by Crippen LogP contribution is 2.35. The summed E-state index contributed by atoms with van der Waals surface area (Å²) in [5.41, 5.74) is 5.31. The molecule has 2 aromatic rings. The monoisotopic (exact) mass is 406 g/mol. The molecule has 0 radical (unpaired) electrons. The van der Waals surface area contributed by atoms with Gasteiger partial charge in [-0.05, 0) is 86.1 Å². The highest BCUT2D eigenvalue weighted by molar-refractivity contribution is 6.31. The highest BCUT2D eigenvalue weighted by atomic mass is 35.5. The predicted molar refractivity (Wildman–Crippen MR) is 127 cm³/mol. The Labute approximate surface area is 183 Å². The van der Waals surface area contributed by atoms with Crippen molar-refractivity contribution in [3.8, 4) is 11.8 Å². The van der Waals surface area contributed by atoms with Crippen LogP contribution in [-0.4, -0.2) is 0 Å². The number of rotatable bonds is 7. The van der Waals surface area contributed by atoms with Crippen molar-refractivity contribution in [2.75, 3.05) is 0 Å². The quantitative estimate of drug-likeness (QED) is 0.405. The van der Waals surface area contributed by atoms with Gasteiger partial charge in [-0.2, -0.15) is 0 Å².